The van der Waals surface area contributed by atoms with Crippen LogP contribution in [0.2, 0.25) is 0 Å². The average molecular weight is 126 g/mol. The van der Waals surface area contributed by atoms with Crippen molar-refractivity contribution in [3.8, 4) is 0 Å². The summed E-state index contributed by atoms with van der Waals surface area (Å²) in [6, 6.07) is 1.07. The zero-order chi connectivity index (χ0) is 6.32. The van der Waals surface area contributed by atoms with E-state index in [1.807, 2.05) is 0 Å². The van der Waals surface area contributed by atoms with Gasteiger partial charge in [-0.2, -0.15) is 0 Å². The summed E-state index contributed by atoms with van der Waals surface area (Å²) in [5.41, 5.74) is 0. The van der Waals surface area contributed by atoms with Crippen molar-refractivity contribution in [2.24, 2.45) is 0 Å². The monoisotopic (exact) mass is 126 g/mol. The lowest BCUT2D eigenvalue weighted by atomic mass is 9.89. The molecular weight excluding hydrogens is 110 g/mol. The van der Waals surface area contributed by atoms with Crippen LogP contribution in [0.3, 0.4) is 0 Å². The van der Waals surface area contributed by atoms with Crippen molar-refractivity contribution in [2.45, 2.75) is 31.7 Å². The van der Waals surface area contributed by atoms with Crippen LogP contribution in [0.5, 0.6) is 0 Å². The number of quaternary nitrogens is 1. The van der Waals surface area contributed by atoms with Crippen molar-refractivity contribution in [1.29, 1.82) is 0 Å². The predicted octanol–water partition coefficient (Wildman–Crippen LogP) is 1.39. The summed E-state index contributed by atoms with van der Waals surface area (Å²) in [4.78, 5) is 0. The number of hydrogen-bond donors (Lipinski definition) is 0. The molecule has 0 aromatic heterocycles. The lowest BCUT2D eigenvalue weighted by Gasteiger charge is -2.52. The third-order valence-corrected chi connectivity index (χ3v) is 3.31. The molecule has 0 radical (unpaired) electrons. The fourth-order valence-corrected chi connectivity index (χ4v) is 2.36. The van der Waals surface area contributed by atoms with Crippen LogP contribution < -0.4 is 0 Å². The highest BCUT2D eigenvalue weighted by Crippen LogP contribution is 2.34. The maximum absolute atomic E-state index is 2.42. The van der Waals surface area contributed by atoms with E-state index in [0.29, 0.717) is 0 Å². The summed E-state index contributed by atoms with van der Waals surface area (Å²) in [6.07, 6.45) is 6.00. The first-order valence-corrected chi connectivity index (χ1v) is 4.15. The Labute approximate surface area is 57.3 Å². The van der Waals surface area contributed by atoms with E-state index in [1.54, 1.807) is 0 Å². The van der Waals surface area contributed by atoms with E-state index in [4.69, 9.17) is 0 Å². The van der Waals surface area contributed by atoms with E-state index in [-0.39, 0.29) is 0 Å². The Kier molecular flexibility index (Phi) is 1.10. The van der Waals surface area contributed by atoms with Crippen LogP contribution in [0.4, 0.5) is 0 Å². The lowest BCUT2D eigenvalue weighted by molar-refractivity contribution is -0.977. The molecule has 0 bridgehead atoms. The average Bonchev–Trinajstić information content (AvgIpc) is 1.82. The molecule has 1 unspecified atom stereocenters. The van der Waals surface area contributed by atoms with Crippen molar-refractivity contribution in [1.82, 2.24) is 0 Å². The highest BCUT2D eigenvalue weighted by atomic mass is 15.4. The van der Waals surface area contributed by atoms with Crippen molar-refractivity contribution >= 4 is 0 Å². The van der Waals surface area contributed by atoms with Crippen LogP contribution in [-0.4, -0.2) is 30.7 Å². The molecule has 2 aliphatic heterocycles. The van der Waals surface area contributed by atoms with Crippen LogP contribution in [0.1, 0.15) is 25.7 Å². The second-order valence-corrected chi connectivity index (χ2v) is 3.86. The van der Waals surface area contributed by atoms with Gasteiger partial charge in [-0.3, -0.25) is 0 Å². The second kappa shape index (κ2) is 1.72. The van der Waals surface area contributed by atoms with Gasteiger partial charge in [-0.25, -0.2) is 0 Å². The minimum atomic E-state index is 1.07. The molecule has 2 heterocycles. The molecule has 2 saturated heterocycles. The van der Waals surface area contributed by atoms with Gasteiger partial charge in [-0.1, -0.05) is 0 Å². The Balaban J connectivity index is 2.05. The minimum absolute atomic E-state index is 1.07. The number of piperidine rings is 1. The Hall–Kier alpha value is -0.0400. The molecule has 2 aliphatic rings. The van der Waals surface area contributed by atoms with Gasteiger partial charge in [0.15, 0.2) is 0 Å². The van der Waals surface area contributed by atoms with Gasteiger partial charge in [0, 0.05) is 6.42 Å². The maximum atomic E-state index is 2.42. The summed E-state index contributed by atoms with van der Waals surface area (Å²) in [6.45, 7) is 2.93. The van der Waals surface area contributed by atoms with Crippen molar-refractivity contribution in [3.63, 3.8) is 0 Å². The van der Waals surface area contributed by atoms with Gasteiger partial charge >= 0.3 is 0 Å². The van der Waals surface area contributed by atoms with Gasteiger partial charge in [-0.15, -0.1) is 0 Å². The van der Waals surface area contributed by atoms with Crippen LogP contribution in [0, 0.1) is 0 Å². The lowest BCUT2D eigenvalue weighted by Crippen LogP contribution is -2.64. The molecule has 9 heavy (non-hydrogen) atoms. The van der Waals surface area contributed by atoms with Gasteiger partial charge in [0.05, 0.1) is 26.2 Å². The third kappa shape index (κ3) is 0.710. The van der Waals surface area contributed by atoms with Crippen LogP contribution in [0.15, 0.2) is 0 Å². The number of fused-ring (bicyclic) bond motifs is 1. The van der Waals surface area contributed by atoms with Gasteiger partial charge in [0.25, 0.3) is 0 Å². The van der Waals surface area contributed by atoms with Crippen LogP contribution in [-0.2, 0) is 0 Å². The van der Waals surface area contributed by atoms with E-state index >= 15 is 0 Å². The van der Waals surface area contributed by atoms with Crippen molar-refractivity contribution < 1.29 is 4.48 Å². The van der Waals surface area contributed by atoms with Crippen molar-refractivity contribution in [3.05, 3.63) is 0 Å². The molecule has 52 valence electrons. The molecule has 2 fully saturated rings. The third-order valence-electron chi connectivity index (χ3n) is 3.31. The SMILES string of the molecule is C[N+]12CCCC[C@@H]1CC2. The molecule has 0 aliphatic carbocycles. The smallest absolute Gasteiger partial charge is 0.0942 e. The molecule has 2 rings (SSSR count). The first-order chi connectivity index (χ1) is 4.31. The highest BCUT2D eigenvalue weighted by molar-refractivity contribution is 4.72. The van der Waals surface area contributed by atoms with E-state index in [1.165, 1.54) is 43.3 Å². The summed E-state index contributed by atoms with van der Waals surface area (Å²) in [5.74, 6) is 0. The van der Waals surface area contributed by atoms with E-state index in [9.17, 15) is 0 Å². The standard InChI is InChI=1S/C8H16N/c1-9-6-3-2-4-8(9)5-7-9/h8H,2-7H2,1H3/q+1/t8-,9?/m1/s1. The first kappa shape index (κ1) is 5.72. The van der Waals surface area contributed by atoms with E-state index < -0.39 is 0 Å². The predicted molar refractivity (Wildman–Crippen MR) is 38.2 cm³/mol. The highest BCUT2D eigenvalue weighted by Gasteiger charge is 2.43. The Morgan fingerprint density at radius 3 is 2.33 bits per heavy atom. The van der Waals surface area contributed by atoms with Crippen LogP contribution in [0.25, 0.3) is 0 Å². The number of hydrogen-bond acceptors (Lipinski definition) is 0. The zero-order valence-corrected chi connectivity index (χ0v) is 6.27. The Morgan fingerprint density at radius 2 is 2.00 bits per heavy atom. The van der Waals surface area contributed by atoms with Crippen molar-refractivity contribution in [2.75, 3.05) is 20.1 Å². The minimum Gasteiger partial charge on any atom is -0.323 e. The fourth-order valence-electron chi connectivity index (χ4n) is 2.36. The quantitative estimate of drug-likeness (QED) is 0.430. The molecule has 0 saturated carbocycles. The van der Waals surface area contributed by atoms with Gasteiger partial charge in [0.2, 0.25) is 0 Å². The number of nitrogens with zero attached hydrogens (tertiary/aromatic N) is 1. The van der Waals surface area contributed by atoms with Gasteiger partial charge in [-0.05, 0) is 19.3 Å². The topological polar surface area (TPSA) is 0 Å². The molecule has 0 aromatic rings. The zero-order valence-electron chi connectivity index (χ0n) is 6.27. The first-order valence-electron chi connectivity index (χ1n) is 4.15. The normalized spacial score (nSPS) is 49.7. The molecule has 1 nitrogen and oxygen atoms in total. The Bertz CT molecular complexity index is 122. The molecule has 1 heteroatoms. The molecular formula is C8H16N+. The fraction of sp³-hybridized carbons (Fsp3) is 1.00. The van der Waals surface area contributed by atoms with E-state index in [2.05, 4.69) is 7.05 Å². The molecule has 0 spiro atoms. The molecule has 0 aromatic carbocycles. The van der Waals surface area contributed by atoms with Gasteiger partial charge < -0.3 is 4.48 Å². The Morgan fingerprint density at radius 1 is 1.11 bits per heavy atom. The molecule has 0 N–H and O–H groups in total. The second-order valence-electron chi connectivity index (χ2n) is 3.86. The van der Waals surface area contributed by atoms with Crippen LogP contribution >= 0.6 is 0 Å². The molecule has 2 atom stereocenters. The summed E-state index contributed by atoms with van der Waals surface area (Å²) >= 11 is 0. The molecule has 0 amide bonds. The number of rotatable bonds is 0. The van der Waals surface area contributed by atoms with Gasteiger partial charge in [0.1, 0.15) is 0 Å². The summed E-state index contributed by atoms with van der Waals surface area (Å²) in [5, 5.41) is 0. The largest absolute Gasteiger partial charge is 0.323 e. The maximum Gasteiger partial charge on any atom is 0.0942 e. The summed E-state index contributed by atoms with van der Waals surface area (Å²) < 4.78 is 1.42. The van der Waals surface area contributed by atoms with E-state index in [0.717, 1.165) is 6.04 Å². The summed E-state index contributed by atoms with van der Waals surface area (Å²) in [7, 11) is 2.42.